The molecule has 0 atom stereocenters. The first-order valence-corrected chi connectivity index (χ1v) is 6.46. The molecule has 6 heteroatoms. The van der Waals surface area contributed by atoms with Crippen molar-refractivity contribution < 1.29 is 14.7 Å². The molecule has 1 aliphatic rings. The van der Waals surface area contributed by atoms with Gasteiger partial charge in [0.25, 0.3) is 0 Å². The number of amides is 1. The minimum absolute atomic E-state index is 0.00208. The van der Waals surface area contributed by atoms with Gasteiger partial charge >= 0.3 is 5.97 Å². The molecule has 21 heavy (non-hydrogen) atoms. The number of carbonyl (C=O) groups is 2. The van der Waals surface area contributed by atoms with E-state index in [1.165, 1.54) is 6.07 Å². The molecule has 1 aromatic heterocycles. The summed E-state index contributed by atoms with van der Waals surface area (Å²) in [5.41, 5.74) is 2.27. The molecule has 0 saturated carbocycles. The molecule has 3 rings (SSSR count). The van der Waals surface area contributed by atoms with E-state index < -0.39 is 5.97 Å². The summed E-state index contributed by atoms with van der Waals surface area (Å²) in [5, 5.41) is 11.8. The lowest BCUT2D eigenvalue weighted by Gasteiger charge is -2.30. The third-order valence-corrected chi connectivity index (χ3v) is 3.23. The quantitative estimate of drug-likeness (QED) is 0.896. The van der Waals surface area contributed by atoms with Crippen LogP contribution in [0.3, 0.4) is 0 Å². The highest BCUT2D eigenvalue weighted by Crippen LogP contribution is 2.29. The predicted molar refractivity (Wildman–Crippen MR) is 77.3 cm³/mol. The summed E-state index contributed by atoms with van der Waals surface area (Å²) in [6.07, 6.45) is 0. The van der Waals surface area contributed by atoms with Crippen LogP contribution in [0.4, 0.5) is 11.4 Å². The van der Waals surface area contributed by atoms with E-state index in [0.717, 1.165) is 11.4 Å². The van der Waals surface area contributed by atoms with E-state index in [-0.39, 0.29) is 18.1 Å². The number of nitrogens with zero attached hydrogens (tertiary/aromatic N) is 2. The lowest BCUT2D eigenvalue weighted by atomic mass is 10.2. The number of aromatic carboxylic acids is 1. The van der Waals surface area contributed by atoms with E-state index in [0.29, 0.717) is 12.2 Å². The van der Waals surface area contributed by atoms with Gasteiger partial charge in [-0.25, -0.2) is 9.78 Å². The molecule has 106 valence electrons. The van der Waals surface area contributed by atoms with Crippen LogP contribution in [-0.4, -0.2) is 28.5 Å². The Kier molecular flexibility index (Phi) is 3.27. The molecule has 0 fully saturated rings. The molecule has 1 aromatic carbocycles. The zero-order valence-electron chi connectivity index (χ0n) is 11.1. The van der Waals surface area contributed by atoms with Crippen molar-refractivity contribution in [3.63, 3.8) is 0 Å². The smallest absolute Gasteiger partial charge is 0.354 e. The molecular formula is C15H13N3O3. The average Bonchev–Trinajstić information content (AvgIpc) is 2.47. The van der Waals surface area contributed by atoms with E-state index in [9.17, 15) is 9.59 Å². The van der Waals surface area contributed by atoms with Gasteiger partial charge in [0.2, 0.25) is 5.91 Å². The fourth-order valence-corrected chi connectivity index (χ4v) is 2.33. The summed E-state index contributed by atoms with van der Waals surface area (Å²) in [5.74, 6) is -1.16. The molecule has 6 nitrogen and oxygen atoms in total. The summed E-state index contributed by atoms with van der Waals surface area (Å²) in [4.78, 5) is 28.7. The predicted octanol–water partition coefficient (Wildman–Crippen LogP) is 1.74. The topological polar surface area (TPSA) is 82.5 Å². The molecule has 2 heterocycles. The van der Waals surface area contributed by atoms with E-state index in [4.69, 9.17) is 5.11 Å². The van der Waals surface area contributed by atoms with Crippen molar-refractivity contribution in [3.05, 3.63) is 53.9 Å². The molecule has 0 bridgehead atoms. The van der Waals surface area contributed by atoms with Gasteiger partial charge < -0.3 is 15.3 Å². The third-order valence-electron chi connectivity index (χ3n) is 3.23. The Morgan fingerprint density at radius 1 is 1.24 bits per heavy atom. The summed E-state index contributed by atoms with van der Waals surface area (Å²) in [7, 11) is 0. The summed E-state index contributed by atoms with van der Waals surface area (Å²) in [6.45, 7) is 0.599. The van der Waals surface area contributed by atoms with Crippen molar-refractivity contribution >= 4 is 23.3 Å². The number of carbonyl (C=O) groups excluding carboxylic acids is 1. The highest BCUT2D eigenvalue weighted by Gasteiger charge is 2.22. The zero-order chi connectivity index (χ0) is 14.8. The molecule has 1 amide bonds. The maximum Gasteiger partial charge on any atom is 0.354 e. The lowest BCUT2D eigenvalue weighted by Crippen LogP contribution is -2.37. The number of pyridine rings is 1. The first-order chi connectivity index (χ1) is 10.1. The Labute approximate surface area is 121 Å². The number of fused-ring (bicyclic) bond motifs is 1. The van der Waals surface area contributed by atoms with Crippen LogP contribution < -0.4 is 10.2 Å². The normalized spacial score (nSPS) is 13.5. The van der Waals surface area contributed by atoms with E-state index in [2.05, 4.69) is 10.3 Å². The van der Waals surface area contributed by atoms with Crippen LogP contribution in [-0.2, 0) is 11.3 Å². The van der Waals surface area contributed by atoms with Gasteiger partial charge in [-0.3, -0.25) is 4.79 Å². The van der Waals surface area contributed by atoms with Crippen LogP contribution in [0.5, 0.6) is 0 Å². The molecule has 0 radical (unpaired) electrons. The Hall–Kier alpha value is -2.89. The van der Waals surface area contributed by atoms with Crippen LogP contribution in [0.25, 0.3) is 0 Å². The minimum Gasteiger partial charge on any atom is -0.477 e. The van der Waals surface area contributed by atoms with E-state index >= 15 is 0 Å². The van der Waals surface area contributed by atoms with Crippen LogP contribution in [0.15, 0.2) is 42.5 Å². The number of anilines is 2. The minimum atomic E-state index is -1.06. The molecule has 2 aromatic rings. The lowest BCUT2D eigenvalue weighted by molar-refractivity contribution is -0.115. The van der Waals surface area contributed by atoms with Gasteiger partial charge in [-0.2, -0.15) is 0 Å². The molecule has 0 aliphatic carbocycles. The molecular weight excluding hydrogens is 270 g/mol. The van der Waals surface area contributed by atoms with Crippen molar-refractivity contribution in [1.82, 2.24) is 4.98 Å². The summed E-state index contributed by atoms with van der Waals surface area (Å²) in [6, 6.07) is 12.3. The third kappa shape index (κ3) is 2.69. The molecule has 2 N–H and O–H groups in total. The Morgan fingerprint density at radius 3 is 2.86 bits per heavy atom. The Bertz CT molecular complexity index is 715. The van der Waals surface area contributed by atoms with Gasteiger partial charge in [0, 0.05) is 0 Å². The van der Waals surface area contributed by atoms with Crippen molar-refractivity contribution in [3.8, 4) is 0 Å². The van der Waals surface area contributed by atoms with Crippen molar-refractivity contribution in [2.75, 3.05) is 16.8 Å². The highest BCUT2D eigenvalue weighted by molar-refractivity contribution is 6.01. The monoisotopic (exact) mass is 283 g/mol. The first kappa shape index (κ1) is 13.1. The number of para-hydroxylation sites is 2. The van der Waals surface area contributed by atoms with Crippen LogP contribution in [0, 0.1) is 0 Å². The molecule has 0 unspecified atom stereocenters. The van der Waals surface area contributed by atoms with Gasteiger partial charge in [-0.05, 0) is 24.3 Å². The van der Waals surface area contributed by atoms with E-state index in [1.807, 2.05) is 29.2 Å². The maximum absolute atomic E-state index is 11.7. The number of carboxylic acid groups (broad SMARTS) is 1. The van der Waals surface area contributed by atoms with Gasteiger partial charge in [0.1, 0.15) is 5.69 Å². The number of hydrogen-bond donors (Lipinski definition) is 2. The number of hydrogen-bond acceptors (Lipinski definition) is 4. The van der Waals surface area contributed by atoms with Crippen LogP contribution in [0.1, 0.15) is 16.2 Å². The fraction of sp³-hybridized carbons (Fsp3) is 0.133. The second-order valence-corrected chi connectivity index (χ2v) is 4.74. The zero-order valence-corrected chi connectivity index (χ0v) is 11.1. The van der Waals surface area contributed by atoms with E-state index in [1.54, 1.807) is 12.1 Å². The SMILES string of the molecule is O=C1CN(Cc2cccc(C(=O)O)n2)c2ccccc2N1. The van der Waals surface area contributed by atoms with Crippen molar-refractivity contribution in [1.29, 1.82) is 0 Å². The maximum atomic E-state index is 11.7. The van der Waals surface area contributed by atoms with Gasteiger partial charge in [0.15, 0.2) is 0 Å². The standard InChI is InChI=1S/C15H13N3O3/c19-14-9-18(13-7-2-1-5-11(13)17-14)8-10-4-3-6-12(16-10)15(20)21/h1-7H,8-9H2,(H,17,19)(H,20,21). The van der Waals surface area contributed by atoms with Gasteiger partial charge in [-0.15, -0.1) is 0 Å². The van der Waals surface area contributed by atoms with Crippen LogP contribution in [0.2, 0.25) is 0 Å². The second kappa shape index (κ2) is 5.24. The first-order valence-electron chi connectivity index (χ1n) is 6.46. The Morgan fingerprint density at radius 2 is 2.05 bits per heavy atom. The summed E-state index contributed by atoms with van der Waals surface area (Å²) >= 11 is 0. The average molecular weight is 283 g/mol. The van der Waals surface area contributed by atoms with Crippen molar-refractivity contribution in [2.24, 2.45) is 0 Å². The number of nitrogens with one attached hydrogen (secondary N) is 1. The van der Waals surface area contributed by atoms with Crippen molar-refractivity contribution in [2.45, 2.75) is 6.54 Å². The molecule has 0 saturated heterocycles. The second-order valence-electron chi connectivity index (χ2n) is 4.74. The largest absolute Gasteiger partial charge is 0.477 e. The molecule has 1 aliphatic heterocycles. The number of rotatable bonds is 3. The van der Waals surface area contributed by atoms with Gasteiger partial charge in [-0.1, -0.05) is 18.2 Å². The van der Waals surface area contributed by atoms with Crippen LogP contribution >= 0.6 is 0 Å². The Balaban J connectivity index is 1.90. The highest BCUT2D eigenvalue weighted by atomic mass is 16.4. The number of carboxylic acids is 1. The molecule has 0 spiro atoms. The fourth-order valence-electron chi connectivity index (χ4n) is 2.33. The van der Waals surface area contributed by atoms with Gasteiger partial charge in [0.05, 0.1) is 30.2 Å². The number of benzene rings is 1. The number of aromatic nitrogens is 1. The summed E-state index contributed by atoms with van der Waals surface area (Å²) < 4.78 is 0.